The van der Waals surface area contributed by atoms with Gasteiger partial charge in [-0.2, -0.15) is 0 Å². The van der Waals surface area contributed by atoms with Crippen LogP contribution in [0.2, 0.25) is 0 Å². The van der Waals surface area contributed by atoms with E-state index in [1.54, 1.807) is 5.51 Å². The number of amides is 2. The lowest BCUT2D eigenvalue weighted by Gasteiger charge is -2.08. The summed E-state index contributed by atoms with van der Waals surface area (Å²) < 4.78 is 0. The highest BCUT2D eigenvalue weighted by Gasteiger charge is 2.06. The standard InChI is InChI=1S/C8H13N3OS/c1-5(2)10-8(12)11-7-6(3)9-4-13-7/h4-5H,1-3H3,(H2,10,11,12). The Balaban J connectivity index is 2.50. The maximum Gasteiger partial charge on any atom is 0.320 e. The van der Waals surface area contributed by atoms with Crippen molar-refractivity contribution in [2.75, 3.05) is 5.32 Å². The highest BCUT2D eigenvalue weighted by Crippen LogP contribution is 2.18. The minimum Gasteiger partial charge on any atom is -0.336 e. The number of carbonyl (C=O) groups excluding carboxylic acids is 1. The first-order chi connectivity index (χ1) is 6.09. The maximum absolute atomic E-state index is 11.2. The van der Waals surface area contributed by atoms with Crippen LogP contribution < -0.4 is 10.6 Å². The number of nitrogens with one attached hydrogen (secondary N) is 2. The SMILES string of the molecule is Cc1ncsc1NC(=O)NC(C)C. The molecule has 0 atom stereocenters. The average molecular weight is 199 g/mol. The zero-order chi connectivity index (χ0) is 9.84. The minimum atomic E-state index is -0.178. The number of aryl methyl sites for hydroxylation is 1. The van der Waals surface area contributed by atoms with Gasteiger partial charge in [-0.3, -0.25) is 5.32 Å². The molecule has 1 aromatic heterocycles. The Morgan fingerprint density at radius 1 is 1.62 bits per heavy atom. The fourth-order valence-corrected chi connectivity index (χ4v) is 1.51. The Kier molecular flexibility index (Phi) is 3.25. The molecule has 1 rings (SSSR count). The summed E-state index contributed by atoms with van der Waals surface area (Å²) in [4.78, 5) is 15.3. The summed E-state index contributed by atoms with van der Waals surface area (Å²) in [6.45, 7) is 5.69. The van der Waals surface area contributed by atoms with Gasteiger partial charge in [-0.05, 0) is 20.8 Å². The highest BCUT2D eigenvalue weighted by atomic mass is 32.1. The summed E-state index contributed by atoms with van der Waals surface area (Å²) in [7, 11) is 0. The second-order valence-corrected chi connectivity index (χ2v) is 3.87. The van der Waals surface area contributed by atoms with Crippen molar-refractivity contribution < 1.29 is 4.79 Å². The molecule has 0 aliphatic rings. The lowest BCUT2D eigenvalue weighted by molar-refractivity contribution is 0.250. The topological polar surface area (TPSA) is 54.0 Å². The molecule has 0 aliphatic carbocycles. The van der Waals surface area contributed by atoms with Gasteiger partial charge in [0.25, 0.3) is 0 Å². The number of nitrogens with zero attached hydrogens (tertiary/aromatic N) is 1. The van der Waals surface area contributed by atoms with Gasteiger partial charge in [0.2, 0.25) is 0 Å². The van der Waals surface area contributed by atoms with Gasteiger partial charge in [0.1, 0.15) is 5.00 Å². The number of aromatic nitrogens is 1. The van der Waals surface area contributed by atoms with Crippen LogP contribution in [0.3, 0.4) is 0 Å². The number of urea groups is 1. The van der Waals surface area contributed by atoms with E-state index in [0.717, 1.165) is 10.7 Å². The zero-order valence-electron chi connectivity index (χ0n) is 7.92. The molecule has 0 saturated carbocycles. The molecule has 5 heteroatoms. The van der Waals surface area contributed by atoms with Crippen LogP contribution in [-0.4, -0.2) is 17.1 Å². The quantitative estimate of drug-likeness (QED) is 0.765. The predicted molar refractivity (Wildman–Crippen MR) is 54.1 cm³/mol. The van der Waals surface area contributed by atoms with Gasteiger partial charge in [0, 0.05) is 6.04 Å². The molecule has 13 heavy (non-hydrogen) atoms. The number of rotatable bonds is 2. The summed E-state index contributed by atoms with van der Waals surface area (Å²) in [6.07, 6.45) is 0. The van der Waals surface area contributed by atoms with Crippen molar-refractivity contribution in [3.63, 3.8) is 0 Å². The largest absolute Gasteiger partial charge is 0.336 e. The first-order valence-electron chi connectivity index (χ1n) is 4.07. The second-order valence-electron chi connectivity index (χ2n) is 3.02. The van der Waals surface area contributed by atoms with E-state index in [-0.39, 0.29) is 12.1 Å². The number of thiazole rings is 1. The number of hydrogen-bond donors (Lipinski definition) is 2. The van der Waals surface area contributed by atoms with Gasteiger partial charge in [-0.1, -0.05) is 0 Å². The van der Waals surface area contributed by atoms with Crippen LogP contribution in [0.4, 0.5) is 9.80 Å². The maximum atomic E-state index is 11.2. The smallest absolute Gasteiger partial charge is 0.320 e. The van der Waals surface area contributed by atoms with Gasteiger partial charge in [-0.25, -0.2) is 9.78 Å². The summed E-state index contributed by atoms with van der Waals surface area (Å²) >= 11 is 1.42. The van der Waals surface area contributed by atoms with E-state index in [0.29, 0.717) is 0 Å². The third kappa shape index (κ3) is 3.02. The van der Waals surface area contributed by atoms with E-state index in [1.807, 2.05) is 20.8 Å². The molecular weight excluding hydrogens is 186 g/mol. The van der Waals surface area contributed by atoms with E-state index in [9.17, 15) is 4.79 Å². The lowest BCUT2D eigenvalue weighted by Crippen LogP contribution is -2.34. The van der Waals surface area contributed by atoms with Crippen molar-refractivity contribution in [2.45, 2.75) is 26.8 Å². The van der Waals surface area contributed by atoms with Gasteiger partial charge >= 0.3 is 6.03 Å². The number of anilines is 1. The third-order valence-electron chi connectivity index (χ3n) is 1.39. The van der Waals surface area contributed by atoms with Crippen molar-refractivity contribution in [1.82, 2.24) is 10.3 Å². The molecule has 4 nitrogen and oxygen atoms in total. The molecule has 2 N–H and O–H groups in total. The van der Waals surface area contributed by atoms with E-state index in [1.165, 1.54) is 11.3 Å². The van der Waals surface area contributed by atoms with E-state index in [4.69, 9.17) is 0 Å². The van der Waals surface area contributed by atoms with Gasteiger partial charge in [0.15, 0.2) is 0 Å². The first kappa shape index (κ1) is 9.98. The molecule has 0 aromatic carbocycles. The summed E-state index contributed by atoms with van der Waals surface area (Å²) in [6, 6.07) is -0.0319. The summed E-state index contributed by atoms with van der Waals surface area (Å²) in [5.74, 6) is 0. The third-order valence-corrected chi connectivity index (χ3v) is 2.24. The van der Waals surface area contributed by atoms with Crippen LogP contribution in [0.25, 0.3) is 0 Å². The normalized spacial score (nSPS) is 10.2. The Labute approximate surface area is 81.4 Å². The van der Waals surface area contributed by atoms with Crippen molar-refractivity contribution in [3.05, 3.63) is 11.2 Å². The average Bonchev–Trinajstić information content (AvgIpc) is 2.34. The molecular formula is C8H13N3OS. The predicted octanol–water partition coefficient (Wildman–Crippen LogP) is 1.98. The number of carbonyl (C=O) groups is 1. The Hall–Kier alpha value is -1.10. The molecule has 0 fully saturated rings. The Morgan fingerprint density at radius 2 is 2.31 bits per heavy atom. The van der Waals surface area contributed by atoms with Crippen LogP contribution >= 0.6 is 11.3 Å². The molecule has 2 amide bonds. The molecule has 1 aromatic rings. The van der Waals surface area contributed by atoms with E-state index >= 15 is 0 Å². The Bertz CT molecular complexity index is 295. The van der Waals surface area contributed by atoms with Crippen molar-refractivity contribution in [2.24, 2.45) is 0 Å². The fourth-order valence-electron chi connectivity index (χ4n) is 0.823. The fraction of sp³-hybridized carbons (Fsp3) is 0.500. The van der Waals surface area contributed by atoms with E-state index < -0.39 is 0 Å². The minimum absolute atomic E-state index is 0.147. The van der Waals surface area contributed by atoms with Gasteiger partial charge in [0.05, 0.1) is 11.2 Å². The Morgan fingerprint density at radius 3 is 2.77 bits per heavy atom. The first-order valence-corrected chi connectivity index (χ1v) is 4.95. The van der Waals surface area contributed by atoms with Crippen LogP contribution in [0.1, 0.15) is 19.5 Å². The molecule has 0 radical (unpaired) electrons. The van der Waals surface area contributed by atoms with Crippen LogP contribution in [0, 0.1) is 6.92 Å². The monoisotopic (exact) mass is 199 g/mol. The zero-order valence-corrected chi connectivity index (χ0v) is 8.73. The van der Waals surface area contributed by atoms with Crippen LogP contribution in [0.15, 0.2) is 5.51 Å². The van der Waals surface area contributed by atoms with Crippen LogP contribution in [-0.2, 0) is 0 Å². The van der Waals surface area contributed by atoms with Crippen molar-refractivity contribution >= 4 is 22.4 Å². The molecule has 0 unspecified atom stereocenters. The molecule has 0 aliphatic heterocycles. The van der Waals surface area contributed by atoms with Crippen molar-refractivity contribution in [1.29, 1.82) is 0 Å². The van der Waals surface area contributed by atoms with Crippen LogP contribution in [0.5, 0.6) is 0 Å². The highest BCUT2D eigenvalue weighted by molar-refractivity contribution is 7.14. The lowest BCUT2D eigenvalue weighted by atomic mass is 10.4. The second kappa shape index (κ2) is 4.23. The molecule has 0 spiro atoms. The summed E-state index contributed by atoms with van der Waals surface area (Å²) in [5.41, 5.74) is 2.56. The molecule has 1 heterocycles. The number of hydrogen-bond acceptors (Lipinski definition) is 3. The van der Waals surface area contributed by atoms with Crippen molar-refractivity contribution in [3.8, 4) is 0 Å². The molecule has 72 valence electrons. The van der Waals surface area contributed by atoms with E-state index in [2.05, 4.69) is 15.6 Å². The van der Waals surface area contributed by atoms with Gasteiger partial charge in [-0.15, -0.1) is 11.3 Å². The molecule has 0 saturated heterocycles. The van der Waals surface area contributed by atoms with Gasteiger partial charge < -0.3 is 5.32 Å². The summed E-state index contributed by atoms with van der Waals surface area (Å²) in [5, 5.41) is 6.27. The molecule has 0 bridgehead atoms.